The van der Waals surface area contributed by atoms with Crippen molar-refractivity contribution in [3.05, 3.63) is 39.8 Å². The van der Waals surface area contributed by atoms with E-state index in [0.29, 0.717) is 5.02 Å². The average molecular weight is 312 g/mol. The molecule has 1 aromatic carbocycles. The van der Waals surface area contributed by atoms with Crippen LogP contribution in [0.5, 0.6) is 0 Å². The molecule has 7 heteroatoms. The van der Waals surface area contributed by atoms with Crippen LogP contribution < -0.4 is 0 Å². The highest BCUT2D eigenvalue weighted by Gasteiger charge is 2.36. The number of nitrogens with zero attached hydrogens (tertiary/aromatic N) is 1. The van der Waals surface area contributed by atoms with Crippen LogP contribution in [0, 0.1) is 0 Å². The predicted octanol–water partition coefficient (Wildman–Crippen LogP) is 2.55. The van der Waals surface area contributed by atoms with Crippen molar-refractivity contribution in [2.75, 3.05) is 13.7 Å². The van der Waals surface area contributed by atoms with Gasteiger partial charge in [0, 0.05) is 5.02 Å². The smallest absolute Gasteiger partial charge is 0.325 e. The molecule has 0 unspecified atom stereocenters. The summed E-state index contributed by atoms with van der Waals surface area (Å²) in [5.41, 5.74) is 0.748. The molecule has 1 fully saturated rings. The minimum atomic E-state index is -0.639. The third-order valence-electron chi connectivity index (χ3n) is 2.56. The van der Waals surface area contributed by atoms with Gasteiger partial charge < -0.3 is 4.74 Å². The normalized spacial score (nSPS) is 16.9. The molecular weight excluding hydrogens is 302 g/mol. The van der Waals surface area contributed by atoms with Crippen LogP contribution in [0.1, 0.15) is 5.56 Å². The minimum absolute atomic E-state index is 0.265. The molecule has 1 saturated heterocycles. The topological polar surface area (TPSA) is 63.7 Å². The van der Waals surface area contributed by atoms with Gasteiger partial charge in [0.2, 0.25) is 0 Å². The summed E-state index contributed by atoms with van der Waals surface area (Å²) >= 11 is 6.56. The van der Waals surface area contributed by atoms with Gasteiger partial charge in [-0.25, -0.2) is 0 Å². The monoisotopic (exact) mass is 311 g/mol. The Morgan fingerprint density at radius 3 is 2.60 bits per heavy atom. The molecule has 1 heterocycles. The SMILES string of the molecule is COC(=O)CN1C(=O)S/C(=C/c2ccc(Cl)cc2)C1=O. The lowest BCUT2D eigenvalue weighted by molar-refractivity contribution is -0.143. The molecule has 0 saturated carbocycles. The molecule has 0 aromatic heterocycles. The van der Waals surface area contributed by atoms with Crippen LogP contribution in [-0.4, -0.2) is 35.7 Å². The predicted molar refractivity (Wildman–Crippen MR) is 76.1 cm³/mol. The Morgan fingerprint density at radius 1 is 1.35 bits per heavy atom. The van der Waals surface area contributed by atoms with Crippen molar-refractivity contribution in [2.24, 2.45) is 0 Å². The summed E-state index contributed by atoms with van der Waals surface area (Å²) in [6.07, 6.45) is 1.58. The third-order valence-corrected chi connectivity index (χ3v) is 3.72. The second-order valence-electron chi connectivity index (χ2n) is 3.90. The fourth-order valence-electron chi connectivity index (χ4n) is 1.54. The molecule has 5 nitrogen and oxygen atoms in total. The van der Waals surface area contributed by atoms with Crippen LogP contribution >= 0.6 is 23.4 Å². The number of esters is 1. The molecule has 2 amide bonds. The van der Waals surface area contributed by atoms with Gasteiger partial charge in [-0.15, -0.1) is 0 Å². The van der Waals surface area contributed by atoms with Gasteiger partial charge in [0.25, 0.3) is 11.1 Å². The standard InChI is InChI=1S/C13H10ClNO4S/c1-19-11(16)7-15-12(17)10(20-13(15)18)6-8-2-4-9(14)5-3-8/h2-6H,7H2,1H3/b10-6+. The lowest BCUT2D eigenvalue weighted by Gasteiger charge is -2.09. The number of hydrogen-bond donors (Lipinski definition) is 0. The largest absolute Gasteiger partial charge is 0.468 e. The van der Waals surface area contributed by atoms with Crippen molar-refractivity contribution in [3.8, 4) is 0 Å². The molecule has 1 aliphatic heterocycles. The van der Waals surface area contributed by atoms with Crippen LogP contribution in [0.4, 0.5) is 4.79 Å². The van der Waals surface area contributed by atoms with E-state index in [1.54, 1.807) is 30.3 Å². The van der Waals surface area contributed by atoms with Crippen molar-refractivity contribution >= 4 is 46.6 Å². The molecule has 0 aliphatic carbocycles. The second kappa shape index (κ2) is 6.11. The Bertz CT molecular complexity index is 597. The van der Waals surface area contributed by atoms with Crippen molar-refractivity contribution in [2.45, 2.75) is 0 Å². The van der Waals surface area contributed by atoms with Gasteiger partial charge in [-0.05, 0) is 35.5 Å². The summed E-state index contributed by atoms with van der Waals surface area (Å²) in [6.45, 7) is -0.376. The number of halogens is 1. The summed E-state index contributed by atoms with van der Waals surface area (Å²) in [5.74, 6) is -1.14. The first-order valence-electron chi connectivity index (χ1n) is 5.59. The zero-order valence-electron chi connectivity index (χ0n) is 10.5. The van der Waals surface area contributed by atoms with E-state index < -0.39 is 17.1 Å². The number of amides is 2. The Labute approximate surface area is 124 Å². The van der Waals surface area contributed by atoms with E-state index in [1.807, 2.05) is 0 Å². The summed E-state index contributed by atoms with van der Waals surface area (Å²) < 4.78 is 4.45. The number of benzene rings is 1. The zero-order valence-corrected chi connectivity index (χ0v) is 12.0. The number of imide groups is 1. The molecule has 0 radical (unpaired) electrons. The maximum absolute atomic E-state index is 12.0. The van der Waals surface area contributed by atoms with Gasteiger partial charge in [-0.1, -0.05) is 23.7 Å². The first-order chi connectivity index (χ1) is 9.51. The molecule has 1 aromatic rings. The van der Waals surface area contributed by atoms with E-state index in [-0.39, 0.29) is 11.4 Å². The van der Waals surface area contributed by atoms with Crippen molar-refractivity contribution in [1.82, 2.24) is 4.90 Å². The summed E-state index contributed by atoms with van der Waals surface area (Å²) in [6, 6.07) is 6.84. The number of rotatable bonds is 3. The summed E-state index contributed by atoms with van der Waals surface area (Å²) in [7, 11) is 1.20. The van der Waals surface area contributed by atoms with E-state index in [4.69, 9.17) is 11.6 Å². The number of methoxy groups -OCH3 is 1. The molecule has 104 valence electrons. The average Bonchev–Trinajstić information content (AvgIpc) is 2.69. The molecule has 0 atom stereocenters. The molecule has 1 aliphatic rings. The van der Waals surface area contributed by atoms with E-state index in [2.05, 4.69) is 4.74 Å². The highest BCUT2D eigenvalue weighted by molar-refractivity contribution is 8.18. The molecule has 0 N–H and O–H groups in total. The van der Waals surface area contributed by atoms with E-state index in [9.17, 15) is 14.4 Å². The Hall–Kier alpha value is -1.79. The van der Waals surface area contributed by atoms with Gasteiger partial charge in [-0.2, -0.15) is 0 Å². The van der Waals surface area contributed by atoms with E-state index in [0.717, 1.165) is 22.2 Å². The third kappa shape index (κ3) is 3.20. The summed E-state index contributed by atoms with van der Waals surface area (Å²) in [5, 5.41) is 0.0987. The van der Waals surface area contributed by atoms with Crippen molar-refractivity contribution in [1.29, 1.82) is 0 Å². The second-order valence-corrected chi connectivity index (χ2v) is 5.33. The number of thioether (sulfide) groups is 1. The van der Waals surface area contributed by atoms with Crippen molar-refractivity contribution in [3.63, 3.8) is 0 Å². The van der Waals surface area contributed by atoms with Crippen LogP contribution in [0.25, 0.3) is 6.08 Å². The Kier molecular flexibility index (Phi) is 4.46. The van der Waals surface area contributed by atoms with Crippen LogP contribution in [-0.2, 0) is 14.3 Å². The zero-order chi connectivity index (χ0) is 14.7. The van der Waals surface area contributed by atoms with Gasteiger partial charge in [0.05, 0.1) is 12.0 Å². The number of ether oxygens (including phenoxy) is 1. The fraction of sp³-hybridized carbons (Fsp3) is 0.154. The van der Waals surface area contributed by atoms with Crippen LogP contribution in [0.2, 0.25) is 5.02 Å². The molecule has 0 bridgehead atoms. The van der Waals surface area contributed by atoms with Gasteiger partial charge in [0.15, 0.2) is 0 Å². The lowest BCUT2D eigenvalue weighted by atomic mass is 10.2. The number of carbonyl (C=O) groups is 3. The van der Waals surface area contributed by atoms with E-state index >= 15 is 0 Å². The lowest BCUT2D eigenvalue weighted by Crippen LogP contribution is -2.34. The van der Waals surface area contributed by atoms with Gasteiger partial charge >= 0.3 is 5.97 Å². The number of hydrogen-bond acceptors (Lipinski definition) is 5. The molecule has 2 rings (SSSR count). The van der Waals surface area contributed by atoms with Crippen LogP contribution in [0.15, 0.2) is 29.2 Å². The quantitative estimate of drug-likeness (QED) is 0.634. The van der Waals surface area contributed by atoms with Crippen molar-refractivity contribution < 1.29 is 19.1 Å². The van der Waals surface area contributed by atoms with Gasteiger partial charge in [0.1, 0.15) is 6.54 Å². The summed E-state index contributed by atoms with van der Waals surface area (Å²) in [4.78, 5) is 36.0. The van der Waals surface area contributed by atoms with E-state index in [1.165, 1.54) is 7.11 Å². The number of carbonyl (C=O) groups excluding carboxylic acids is 3. The maximum atomic E-state index is 12.0. The Morgan fingerprint density at radius 2 is 2.00 bits per heavy atom. The Balaban J connectivity index is 2.19. The first-order valence-corrected chi connectivity index (χ1v) is 6.78. The molecule has 0 spiro atoms. The first kappa shape index (κ1) is 14.6. The molecule has 20 heavy (non-hydrogen) atoms. The van der Waals surface area contributed by atoms with Crippen LogP contribution in [0.3, 0.4) is 0 Å². The van der Waals surface area contributed by atoms with Gasteiger partial charge in [-0.3, -0.25) is 19.3 Å². The maximum Gasteiger partial charge on any atom is 0.325 e. The highest BCUT2D eigenvalue weighted by Crippen LogP contribution is 2.32. The fourth-order valence-corrected chi connectivity index (χ4v) is 2.50. The minimum Gasteiger partial charge on any atom is -0.468 e. The molecular formula is C13H10ClNO4S. The highest BCUT2D eigenvalue weighted by atomic mass is 35.5.